The van der Waals surface area contributed by atoms with Crippen LogP contribution in [0.1, 0.15) is 41.0 Å². The van der Waals surface area contributed by atoms with Gasteiger partial charge < -0.3 is 9.47 Å². The van der Waals surface area contributed by atoms with Crippen LogP contribution in [0.25, 0.3) is 0 Å². The molecule has 0 radical (unpaired) electrons. The fourth-order valence-corrected chi connectivity index (χ4v) is 2.40. The largest absolute Gasteiger partial charge is 0.469 e. The van der Waals surface area contributed by atoms with Crippen LogP contribution in [0, 0.1) is 23.2 Å². The third kappa shape index (κ3) is 3.03. The molecular formula is C14H24O4. The van der Waals surface area contributed by atoms with Gasteiger partial charge in [-0.05, 0) is 17.8 Å². The van der Waals surface area contributed by atoms with Gasteiger partial charge >= 0.3 is 11.9 Å². The summed E-state index contributed by atoms with van der Waals surface area (Å²) in [6.07, 6.45) is 0.449. The standard InChI is InChI=1S/C14H24O4/c1-8(2)11-9(12(15)18-11)7-10(13(16)17-6)14(3,4)5/h8-11H,7H2,1-6H3. The van der Waals surface area contributed by atoms with Crippen LogP contribution in [0.2, 0.25) is 0 Å². The van der Waals surface area contributed by atoms with Crippen LogP contribution in [0.15, 0.2) is 0 Å². The summed E-state index contributed by atoms with van der Waals surface area (Å²) < 4.78 is 10.00. The van der Waals surface area contributed by atoms with E-state index in [1.54, 1.807) is 0 Å². The van der Waals surface area contributed by atoms with Crippen molar-refractivity contribution in [1.82, 2.24) is 0 Å². The minimum atomic E-state index is -0.276. The summed E-state index contributed by atoms with van der Waals surface area (Å²) in [6.45, 7) is 10.0. The number of carbonyl (C=O) groups is 2. The zero-order chi connectivity index (χ0) is 14.1. The SMILES string of the molecule is COC(=O)C(CC1C(=O)OC1C(C)C)C(C)(C)C. The molecule has 4 heteroatoms. The van der Waals surface area contributed by atoms with Gasteiger partial charge in [0.15, 0.2) is 0 Å². The third-order valence-electron chi connectivity index (χ3n) is 3.63. The number of carbonyl (C=O) groups excluding carboxylic acids is 2. The van der Waals surface area contributed by atoms with Crippen molar-refractivity contribution < 1.29 is 19.1 Å². The van der Waals surface area contributed by atoms with Crippen molar-refractivity contribution in [3.05, 3.63) is 0 Å². The fourth-order valence-electron chi connectivity index (χ4n) is 2.40. The summed E-state index contributed by atoms with van der Waals surface area (Å²) in [5, 5.41) is 0. The van der Waals surface area contributed by atoms with Crippen molar-refractivity contribution in [2.24, 2.45) is 23.2 Å². The lowest BCUT2D eigenvalue weighted by Gasteiger charge is -2.41. The minimum absolute atomic E-state index is 0.0630. The van der Waals surface area contributed by atoms with Crippen LogP contribution >= 0.6 is 0 Å². The van der Waals surface area contributed by atoms with E-state index in [0.29, 0.717) is 6.42 Å². The Balaban J connectivity index is 2.78. The third-order valence-corrected chi connectivity index (χ3v) is 3.63. The van der Waals surface area contributed by atoms with Crippen molar-refractivity contribution in [2.75, 3.05) is 7.11 Å². The second-order valence-electron chi connectivity index (χ2n) is 6.43. The lowest BCUT2D eigenvalue weighted by atomic mass is 9.72. The zero-order valence-electron chi connectivity index (χ0n) is 12.1. The van der Waals surface area contributed by atoms with Gasteiger partial charge in [0, 0.05) is 0 Å². The highest BCUT2D eigenvalue weighted by molar-refractivity contribution is 5.80. The second-order valence-corrected chi connectivity index (χ2v) is 6.43. The fraction of sp³-hybridized carbons (Fsp3) is 0.857. The topological polar surface area (TPSA) is 52.6 Å². The van der Waals surface area contributed by atoms with Gasteiger partial charge in [0.2, 0.25) is 0 Å². The lowest BCUT2D eigenvalue weighted by Crippen LogP contribution is -2.50. The predicted octanol–water partition coefficient (Wildman–Crippen LogP) is 2.41. The highest BCUT2D eigenvalue weighted by Gasteiger charge is 2.48. The van der Waals surface area contributed by atoms with E-state index in [4.69, 9.17) is 9.47 Å². The molecule has 0 aliphatic carbocycles. The summed E-state index contributed by atoms with van der Waals surface area (Å²) in [7, 11) is 1.39. The van der Waals surface area contributed by atoms with E-state index in [2.05, 4.69) is 0 Å². The average Bonchev–Trinajstić information content (AvgIpc) is 2.23. The Morgan fingerprint density at radius 3 is 2.28 bits per heavy atom. The maximum absolute atomic E-state index is 11.8. The molecule has 3 unspecified atom stereocenters. The van der Waals surface area contributed by atoms with Crippen LogP contribution in [-0.4, -0.2) is 25.2 Å². The van der Waals surface area contributed by atoms with Crippen LogP contribution in [0.4, 0.5) is 0 Å². The van der Waals surface area contributed by atoms with E-state index in [0.717, 1.165) is 0 Å². The van der Waals surface area contributed by atoms with Crippen LogP contribution in [-0.2, 0) is 19.1 Å². The lowest BCUT2D eigenvalue weighted by molar-refractivity contribution is -0.193. The van der Waals surface area contributed by atoms with Crippen molar-refractivity contribution in [1.29, 1.82) is 0 Å². The molecule has 1 rings (SSSR count). The Labute approximate surface area is 109 Å². The molecule has 0 aromatic rings. The number of hydrogen-bond acceptors (Lipinski definition) is 4. The molecular weight excluding hydrogens is 232 g/mol. The van der Waals surface area contributed by atoms with Gasteiger partial charge in [-0.3, -0.25) is 9.59 Å². The first-order valence-electron chi connectivity index (χ1n) is 6.46. The Hall–Kier alpha value is -1.06. The maximum Gasteiger partial charge on any atom is 0.313 e. The van der Waals surface area contributed by atoms with Crippen molar-refractivity contribution in [2.45, 2.75) is 47.1 Å². The minimum Gasteiger partial charge on any atom is -0.469 e. The molecule has 0 aromatic carbocycles. The van der Waals surface area contributed by atoms with Gasteiger partial charge in [-0.1, -0.05) is 34.6 Å². The van der Waals surface area contributed by atoms with Gasteiger partial charge in [0.1, 0.15) is 6.10 Å². The molecule has 18 heavy (non-hydrogen) atoms. The number of esters is 2. The molecule has 1 heterocycles. The number of rotatable bonds is 4. The van der Waals surface area contributed by atoms with Gasteiger partial charge in [-0.15, -0.1) is 0 Å². The van der Waals surface area contributed by atoms with Gasteiger partial charge in [-0.2, -0.15) is 0 Å². The Morgan fingerprint density at radius 2 is 1.94 bits per heavy atom. The highest BCUT2D eigenvalue weighted by Crippen LogP contribution is 2.39. The molecule has 104 valence electrons. The zero-order valence-corrected chi connectivity index (χ0v) is 12.1. The second kappa shape index (κ2) is 5.29. The van der Waals surface area contributed by atoms with Crippen molar-refractivity contribution >= 4 is 11.9 Å². The first-order valence-corrected chi connectivity index (χ1v) is 6.46. The summed E-state index contributed by atoms with van der Waals surface area (Å²) in [6, 6.07) is 0. The quantitative estimate of drug-likeness (QED) is 0.725. The molecule has 1 aliphatic rings. The van der Waals surface area contributed by atoms with Gasteiger partial charge in [-0.25, -0.2) is 0 Å². The van der Waals surface area contributed by atoms with Crippen LogP contribution < -0.4 is 0 Å². The number of cyclic esters (lactones) is 1. The normalized spacial score (nSPS) is 25.4. The van der Waals surface area contributed by atoms with E-state index < -0.39 is 0 Å². The molecule has 1 saturated heterocycles. The molecule has 0 saturated carbocycles. The van der Waals surface area contributed by atoms with E-state index in [9.17, 15) is 9.59 Å². The predicted molar refractivity (Wildman–Crippen MR) is 67.8 cm³/mol. The molecule has 0 aromatic heterocycles. The molecule has 3 atom stereocenters. The Morgan fingerprint density at radius 1 is 1.39 bits per heavy atom. The van der Waals surface area contributed by atoms with E-state index >= 15 is 0 Å². The molecule has 0 spiro atoms. The summed E-state index contributed by atoms with van der Waals surface area (Å²) in [5.74, 6) is -0.600. The first-order chi connectivity index (χ1) is 8.18. The van der Waals surface area contributed by atoms with E-state index in [1.165, 1.54) is 7.11 Å². The van der Waals surface area contributed by atoms with Crippen LogP contribution in [0.5, 0.6) is 0 Å². The summed E-state index contributed by atoms with van der Waals surface area (Å²) in [4.78, 5) is 23.4. The first kappa shape index (κ1) is 15.0. The smallest absolute Gasteiger partial charge is 0.313 e. The Kier molecular flexibility index (Phi) is 4.41. The monoisotopic (exact) mass is 256 g/mol. The van der Waals surface area contributed by atoms with Crippen LogP contribution in [0.3, 0.4) is 0 Å². The molecule has 1 fully saturated rings. The number of hydrogen-bond donors (Lipinski definition) is 0. The van der Waals surface area contributed by atoms with E-state index in [1.807, 2.05) is 34.6 Å². The van der Waals surface area contributed by atoms with Crippen molar-refractivity contribution in [3.8, 4) is 0 Å². The number of ether oxygens (including phenoxy) is 2. The van der Waals surface area contributed by atoms with Gasteiger partial charge in [0.05, 0.1) is 18.9 Å². The maximum atomic E-state index is 11.8. The van der Waals surface area contributed by atoms with E-state index in [-0.39, 0.29) is 41.2 Å². The van der Waals surface area contributed by atoms with Gasteiger partial charge in [0.25, 0.3) is 0 Å². The average molecular weight is 256 g/mol. The summed E-state index contributed by atoms with van der Waals surface area (Å²) >= 11 is 0. The highest BCUT2D eigenvalue weighted by atomic mass is 16.6. The molecule has 0 amide bonds. The molecule has 1 aliphatic heterocycles. The molecule has 4 nitrogen and oxygen atoms in total. The molecule has 0 N–H and O–H groups in total. The molecule has 0 bridgehead atoms. The Bertz CT molecular complexity index is 327. The summed E-state index contributed by atoms with van der Waals surface area (Å²) in [5.41, 5.74) is -0.218. The van der Waals surface area contributed by atoms with Crippen molar-refractivity contribution in [3.63, 3.8) is 0 Å². The number of methoxy groups -OCH3 is 1.